The second-order valence-electron chi connectivity index (χ2n) is 9.40. The Morgan fingerprint density at radius 2 is 1.61 bits per heavy atom. The summed E-state index contributed by atoms with van der Waals surface area (Å²) in [7, 11) is 0. The van der Waals surface area contributed by atoms with Crippen molar-refractivity contribution in [2.24, 2.45) is 0 Å². The molecule has 8 aromatic rings. The van der Waals surface area contributed by atoms with Gasteiger partial charge < -0.3 is 0 Å². The first-order valence-corrected chi connectivity index (χ1v) is 14.2. The van der Waals surface area contributed by atoms with Crippen LogP contribution < -0.4 is 4.74 Å². The number of hydrogen-bond donors (Lipinski definition) is 0. The Balaban J connectivity index is 1.23. The van der Waals surface area contributed by atoms with E-state index in [0.29, 0.717) is 5.88 Å². The fourth-order valence-corrected chi connectivity index (χ4v) is 7.94. The Bertz CT molecular complexity index is 2190. The van der Waals surface area contributed by atoms with Gasteiger partial charge in [-0.05, 0) is 6.07 Å². The summed E-state index contributed by atoms with van der Waals surface area (Å²) in [4.78, 5) is 14.4. The van der Waals surface area contributed by atoms with Crippen LogP contribution in [0.1, 0.15) is 5.69 Å². The van der Waals surface area contributed by atoms with Crippen molar-refractivity contribution < 1.29 is 4.74 Å². The summed E-state index contributed by atoms with van der Waals surface area (Å²) >= 11 is 0.141. The first-order valence-electron chi connectivity index (χ1n) is 12.4. The SMILES string of the molecule is Cc1ccc2c(n1)[se]c1c(-c3cccc(Oc4ccc5c6ccccc6n6ccnc6c5c4)n3)cccc12. The second-order valence-corrected chi connectivity index (χ2v) is 11.5. The molecular formula is C32H20N4OSe. The van der Waals surface area contributed by atoms with Gasteiger partial charge >= 0.3 is 206 Å². The molecule has 0 aliphatic heterocycles. The fourth-order valence-electron chi connectivity index (χ4n) is 5.33. The first kappa shape index (κ1) is 21.6. The van der Waals surface area contributed by atoms with Crippen molar-refractivity contribution in [2.45, 2.75) is 6.92 Å². The van der Waals surface area contributed by atoms with Crippen LogP contribution in [0.4, 0.5) is 0 Å². The van der Waals surface area contributed by atoms with E-state index < -0.39 is 0 Å². The number of imidazole rings is 1. The summed E-state index contributed by atoms with van der Waals surface area (Å²) in [5.41, 5.74) is 5.17. The normalized spacial score (nSPS) is 11.8. The maximum absolute atomic E-state index is 6.33. The van der Waals surface area contributed by atoms with Gasteiger partial charge in [0.05, 0.1) is 0 Å². The maximum atomic E-state index is 6.33. The monoisotopic (exact) mass is 556 g/mol. The molecule has 38 heavy (non-hydrogen) atoms. The number of hydrogen-bond acceptors (Lipinski definition) is 4. The Labute approximate surface area is 223 Å². The third kappa shape index (κ3) is 3.28. The van der Waals surface area contributed by atoms with Crippen LogP contribution >= 0.6 is 0 Å². The Morgan fingerprint density at radius 1 is 0.737 bits per heavy atom. The van der Waals surface area contributed by atoms with Gasteiger partial charge in [-0.1, -0.05) is 12.1 Å². The molecule has 0 atom stereocenters. The van der Waals surface area contributed by atoms with E-state index in [4.69, 9.17) is 14.7 Å². The molecule has 0 N–H and O–H groups in total. The molecule has 8 rings (SSSR count). The fraction of sp³-hybridized carbons (Fsp3) is 0.0312. The predicted molar refractivity (Wildman–Crippen MR) is 154 cm³/mol. The van der Waals surface area contributed by atoms with Crippen molar-refractivity contribution in [3.05, 3.63) is 109 Å². The molecule has 5 heterocycles. The molecule has 0 saturated heterocycles. The number of nitrogens with zero attached hydrogens (tertiary/aromatic N) is 4. The molecular weight excluding hydrogens is 535 g/mol. The van der Waals surface area contributed by atoms with E-state index in [1.54, 1.807) is 0 Å². The van der Waals surface area contributed by atoms with Crippen LogP contribution in [-0.2, 0) is 0 Å². The van der Waals surface area contributed by atoms with Gasteiger partial charge in [-0.3, -0.25) is 0 Å². The molecule has 0 amide bonds. The number of rotatable bonds is 3. The number of pyridine rings is 3. The molecule has 0 aliphatic carbocycles. The van der Waals surface area contributed by atoms with Gasteiger partial charge in [0.1, 0.15) is 0 Å². The molecule has 0 unspecified atom stereocenters. The zero-order chi connectivity index (χ0) is 25.2. The summed E-state index contributed by atoms with van der Waals surface area (Å²) in [6.45, 7) is 2.05. The van der Waals surface area contributed by atoms with Crippen LogP contribution in [0.2, 0.25) is 0 Å². The van der Waals surface area contributed by atoms with Crippen LogP contribution in [0.5, 0.6) is 11.6 Å². The summed E-state index contributed by atoms with van der Waals surface area (Å²) in [6.07, 6.45) is 3.85. The van der Waals surface area contributed by atoms with Crippen molar-refractivity contribution in [3.63, 3.8) is 0 Å². The van der Waals surface area contributed by atoms with Gasteiger partial charge in [0.15, 0.2) is 0 Å². The molecule has 0 bridgehead atoms. The predicted octanol–water partition coefficient (Wildman–Crippen LogP) is 7.56. The second kappa shape index (κ2) is 8.25. The van der Waals surface area contributed by atoms with Crippen molar-refractivity contribution in [1.29, 1.82) is 0 Å². The number of aryl methyl sites for hydroxylation is 1. The van der Waals surface area contributed by atoms with Gasteiger partial charge in [0.25, 0.3) is 0 Å². The average molecular weight is 555 g/mol. The molecule has 180 valence electrons. The van der Waals surface area contributed by atoms with Crippen molar-refractivity contribution in [3.8, 4) is 22.9 Å². The summed E-state index contributed by atoms with van der Waals surface area (Å²) in [5.74, 6) is 1.30. The van der Waals surface area contributed by atoms with Crippen LogP contribution in [0.3, 0.4) is 0 Å². The van der Waals surface area contributed by atoms with E-state index in [2.05, 4.69) is 89.1 Å². The first-order chi connectivity index (χ1) is 18.7. The summed E-state index contributed by atoms with van der Waals surface area (Å²) in [5, 5.41) is 5.90. The zero-order valence-corrected chi connectivity index (χ0v) is 22.1. The number of fused-ring (bicyclic) bond motifs is 9. The molecule has 0 spiro atoms. The van der Waals surface area contributed by atoms with Gasteiger partial charge in [-0.15, -0.1) is 0 Å². The molecule has 3 aromatic carbocycles. The minimum atomic E-state index is 0.141. The van der Waals surface area contributed by atoms with Gasteiger partial charge in [0.2, 0.25) is 0 Å². The molecule has 0 saturated carbocycles. The topological polar surface area (TPSA) is 52.3 Å². The third-order valence-corrected chi connectivity index (χ3v) is 9.46. The van der Waals surface area contributed by atoms with Gasteiger partial charge in [-0.25, -0.2) is 0 Å². The number of benzene rings is 3. The van der Waals surface area contributed by atoms with Gasteiger partial charge in [0, 0.05) is 0 Å². The standard InChI is InChI=1S/C32H20N4OSe/c1-19-12-14-24-23-7-4-8-25(30(23)38-32(24)34-19)27-9-5-11-29(35-27)37-20-13-15-21-22-6-2-3-10-28(22)36-17-16-33-31(36)26(21)18-20/h2-18H,1H3. The zero-order valence-electron chi connectivity index (χ0n) is 20.4. The number of para-hydroxylation sites is 1. The average Bonchev–Trinajstić information content (AvgIpc) is 3.58. The van der Waals surface area contributed by atoms with E-state index in [9.17, 15) is 0 Å². The molecule has 5 nitrogen and oxygen atoms in total. The molecule has 0 fully saturated rings. The van der Waals surface area contributed by atoms with Gasteiger partial charge in [-0.2, -0.15) is 0 Å². The van der Waals surface area contributed by atoms with Crippen molar-refractivity contribution in [2.75, 3.05) is 0 Å². The quantitative estimate of drug-likeness (QED) is 0.167. The van der Waals surface area contributed by atoms with Crippen molar-refractivity contribution in [1.82, 2.24) is 19.4 Å². The molecule has 0 radical (unpaired) electrons. The molecule has 0 aliphatic rings. The molecule has 6 heteroatoms. The Morgan fingerprint density at radius 3 is 2.58 bits per heavy atom. The number of aromatic nitrogens is 4. The van der Waals surface area contributed by atoms with E-state index in [1.165, 1.54) is 24.8 Å². The third-order valence-electron chi connectivity index (χ3n) is 7.05. The van der Waals surface area contributed by atoms with E-state index >= 15 is 0 Å². The summed E-state index contributed by atoms with van der Waals surface area (Å²) in [6, 6.07) is 31.3. The van der Waals surface area contributed by atoms with E-state index in [-0.39, 0.29) is 14.5 Å². The Hall–Kier alpha value is -4.51. The van der Waals surface area contributed by atoms with E-state index in [0.717, 1.165) is 44.6 Å². The molecule has 5 aromatic heterocycles. The number of ether oxygens (including phenoxy) is 1. The van der Waals surface area contributed by atoms with Crippen LogP contribution in [0.15, 0.2) is 103 Å². The van der Waals surface area contributed by atoms with E-state index in [1.807, 2.05) is 30.6 Å². The Kier molecular flexibility index (Phi) is 4.68. The van der Waals surface area contributed by atoms with Crippen LogP contribution in [0, 0.1) is 6.92 Å². The van der Waals surface area contributed by atoms with Crippen LogP contribution in [-0.4, -0.2) is 33.9 Å². The minimum absolute atomic E-state index is 0.141. The summed E-state index contributed by atoms with van der Waals surface area (Å²) < 4.78 is 11.0. The van der Waals surface area contributed by atoms with Crippen LogP contribution in [0.25, 0.3) is 58.0 Å². The van der Waals surface area contributed by atoms with Crippen molar-refractivity contribution >= 4 is 61.2 Å².